The summed E-state index contributed by atoms with van der Waals surface area (Å²) in [6.45, 7) is 0.506. The van der Waals surface area contributed by atoms with Gasteiger partial charge in [-0.05, 0) is 48.7 Å². The summed E-state index contributed by atoms with van der Waals surface area (Å²) in [5, 5.41) is 0.577. The average molecular weight is 321 g/mol. The fourth-order valence-corrected chi connectivity index (χ4v) is 2.98. The number of nitrogens with two attached hydrogens (primary N) is 1. The van der Waals surface area contributed by atoms with Gasteiger partial charge in [0.1, 0.15) is 11.6 Å². The Morgan fingerprint density at radius 2 is 1.96 bits per heavy atom. The van der Waals surface area contributed by atoms with Crippen LogP contribution in [0.2, 0.25) is 0 Å². The molecule has 0 aliphatic heterocycles. The minimum atomic E-state index is -0.0231. The summed E-state index contributed by atoms with van der Waals surface area (Å²) in [6, 6.07) is 13.1. The maximum absolute atomic E-state index is 13.0. The van der Waals surface area contributed by atoms with E-state index in [0.717, 1.165) is 35.5 Å². The second-order valence-electron chi connectivity index (χ2n) is 6.26. The molecule has 1 aromatic heterocycles. The standard InChI is InChI=1S/C19H19N3O2/c1-24-15-7-2-12(3-8-15)11-22-18(13-4-5-13)21-17-9-6-14(20)10-16(17)19(22)23/h2-3,6-10,13H,4-5,11,20H2,1H3. The van der Waals surface area contributed by atoms with Crippen LogP contribution in [0.3, 0.4) is 0 Å². The number of fused-ring (bicyclic) bond motifs is 1. The van der Waals surface area contributed by atoms with Gasteiger partial charge in [-0.2, -0.15) is 0 Å². The first-order chi connectivity index (χ1) is 11.7. The van der Waals surface area contributed by atoms with Crippen molar-refractivity contribution in [2.75, 3.05) is 12.8 Å². The molecule has 0 radical (unpaired) electrons. The third-order valence-corrected chi connectivity index (χ3v) is 4.45. The molecule has 0 saturated heterocycles. The molecule has 0 amide bonds. The van der Waals surface area contributed by atoms with Crippen LogP contribution in [0.5, 0.6) is 5.75 Å². The maximum atomic E-state index is 13.0. The van der Waals surface area contributed by atoms with E-state index >= 15 is 0 Å². The van der Waals surface area contributed by atoms with E-state index in [2.05, 4.69) is 0 Å². The summed E-state index contributed by atoms with van der Waals surface area (Å²) in [7, 11) is 1.64. The summed E-state index contributed by atoms with van der Waals surface area (Å²) in [4.78, 5) is 17.8. The van der Waals surface area contributed by atoms with Crippen molar-refractivity contribution in [2.45, 2.75) is 25.3 Å². The van der Waals surface area contributed by atoms with Crippen LogP contribution >= 0.6 is 0 Å². The van der Waals surface area contributed by atoms with Gasteiger partial charge >= 0.3 is 0 Å². The Kier molecular flexibility index (Phi) is 3.49. The Hall–Kier alpha value is -2.82. The maximum Gasteiger partial charge on any atom is 0.261 e. The molecule has 0 spiro atoms. The molecule has 2 aromatic carbocycles. The van der Waals surface area contributed by atoms with Crippen molar-refractivity contribution >= 4 is 16.6 Å². The smallest absolute Gasteiger partial charge is 0.261 e. The van der Waals surface area contributed by atoms with Gasteiger partial charge in [-0.25, -0.2) is 4.98 Å². The van der Waals surface area contributed by atoms with Gasteiger partial charge in [0.15, 0.2) is 0 Å². The van der Waals surface area contributed by atoms with Gasteiger partial charge in [-0.3, -0.25) is 9.36 Å². The lowest BCUT2D eigenvalue weighted by Gasteiger charge is -2.14. The third-order valence-electron chi connectivity index (χ3n) is 4.45. The molecule has 1 fully saturated rings. The fourth-order valence-electron chi connectivity index (χ4n) is 2.98. The molecule has 5 heteroatoms. The lowest BCUT2D eigenvalue weighted by molar-refractivity contribution is 0.414. The van der Waals surface area contributed by atoms with Crippen molar-refractivity contribution in [3.8, 4) is 5.75 Å². The number of hydrogen-bond acceptors (Lipinski definition) is 4. The first-order valence-electron chi connectivity index (χ1n) is 8.08. The van der Waals surface area contributed by atoms with Gasteiger partial charge in [0.2, 0.25) is 0 Å². The zero-order chi connectivity index (χ0) is 16.7. The Morgan fingerprint density at radius 3 is 2.62 bits per heavy atom. The number of nitrogens with zero attached hydrogens (tertiary/aromatic N) is 2. The molecule has 1 aliphatic carbocycles. The number of nitrogen functional groups attached to an aromatic ring is 1. The van der Waals surface area contributed by atoms with Crippen LogP contribution in [0.25, 0.3) is 10.9 Å². The van der Waals surface area contributed by atoms with Crippen LogP contribution in [0.4, 0.5) is 5.69 Å². The molecule has 0 atom stereocenters. The van der Waals surface area contributed by atoms with E-state index in [1.54, 1.807) is 23.8 Å². The normalized spacial score (nSPS) is 14.0. The topological polar surface area (TPSA) is 70.1 Å². The van der Waals surface area contributed by atoms with Crippen LogP contribution in [0, 0.1) is 0 Å². The van der Waals surface area contributed by atoms with Crippen LogP contribution in [0.15, 0.2) is 47.3 Å². The Balaban J connectivity index is 1.84. The number of methoxy groups -OCH3 is 1. The van der Waals surface area contributed by atoms with E-state index in [1.165, 1.54) is 0 Å². The average Bonchev–Trinajstić information content (AvgIpc) is 3.43. The zero-order valence-corrected chi connectivity index (χ0v) is 13.5. The highest BCUT2D eigenvalue weighted by atomic mass is 16.5. The molecule has 0 bridgehead atoms. The molecule has 5 nitrogen and oxygen atoms in total. The summed E-state index contributed by atoms with van der Waals surface area (Å²) >= 11 is 0. The number of hydrogen-bond donors (Lipinski definition) is 1. The molecular weight excluding hydrogens is 302 g/mol. The van der Waals surface area contributed by atoms with Gasteiger partial charge in [-0.15, -0.1) is 0 Å². The Bertz CT molecular complexity index is 957. The van der Waals surface area contributed by atoms with Crippen LogP contribution in [-0.4, -0.2) is 16.7 Å². The summed E-state index contributed by atoms with van der Waals surface area (Å²) in [5.74, 6) is 2.07. The molecule has 0 unspecified atom stereocenters. The minimum absolute atomic E-state index is 0.0231. The van der Waals surface area contributed by atoms with Crippen LogP contribution in [0.1, 0.15) is 30.1 Å². The number of aromatic nitrogens is 2. The van der Waals surface area contributed by atoms with Gasteiger partial charge in [0.25, 0.3) is 5.56 Å². The van der Waals surface area contributed by atoms with Crippen LogP contribution in [-0.2, 0) is 6.54 Å². The van der Waals surface area contributed by atoms with Crippen molar-refractivity contribution in [3.05, 3.63) is 64.2 Å². The number of rotatable bonds is 4. The molecule has 122 valence electrons. The Morgan fingerprint density at radius 1 is 1.21 bits per heavy atom. The second-order valence-corrected chi connectivity index (χ2v) is 6.26. The molecule has 2 N–H and O–H groups in total. The summed E-state index contributed by atoms with van der Waals surface area (Å²) in [5.41, 5.74) is 8.18. The number of anilines is 1. The van der Waals surface area contributed by atoms with E-state index in [0.29, 0.717) is 23.5 Å². The number of ether oxygens (including phenoxy) is 1. The van der Waals surface area contributed by atoms with Crippen molar-refractivity contribution in [2.24, 2.45) is 0 Å². The first kappa shape index (κ1) is 14.8. The molecule has 1 aliphatic rings. The van der Waals surface area contributed by atoms with E-state index in [4.69, 9.17) is 15.5 Å². The van der Waals surface area contributed by atoms with Gasteiger partial charge in [0.05, 0.1) is 24.6 Å². The van der Waals surface area contributed by atoms with E-state index in [1.807, 2.05) is 30.3 Å². The Labute approximate surface area is 139 Å². The second kappa shape index (κ2) is 5.67. The lowest BCUT2D eigenvalue weighted by Crippen LogP contribution is -2.25. The largest absolute Gasteiger partial charge is 0.497 e. The van der Waals surface area contributed by atoms with Crippen molar-refractivity contribution in [1.29, 1.82) is 0 Å². The SMILES string of the molecule is COc1ccc(Cn2c(C3CC3)nc3ccc(N)cc3c2=O)cc1. The lowest BCUT2D eigenvalue weighted by atomic mass is 10.1. The van der Waals surface area contributed by atoms with Crippen molar-refractivity contribution in [1.82, 2.24) is 9.55 Å². The quantitative estimate of drug-likeness (QED) is 0.750. The van der Waals surface area contributed by atoms with Gasteiger partial charge in [0, 0.05) is 11.6 Å². The monoisotopic (exact) mass is 321 g/mol. The molecule has 1 heterocycles. The van der Waals surface area contributed by atoms with Gasteiger partial charge in [-0.1, -0.05) is 12.1 Å². The molecule has 24 heavy (non-hydrogen) atoms. The van der Waals surface area contributed by atoms with Crippen molar-refractivity contribution in [3.63, 3.8) is 0 Å². The highest BCUT2D eigenvalue weighted by molar-refractivity contribution is 5.81. The molecule has 4 rings (SSSR count). The van der Waals surface area contributed by atoms with E-state index in [-0.39, 0.29) is 5.56 Å². The van der Waals surface area contributed by atoms with Gasteiger partial charge < -0.3 is 10.5 Å². The molecule has 3 aromatic rings. The van der Waals surface area contributed by atoms with Crippen LogP contribution < -0.4 is 16.0 Å². The molecular formula is C19H19N3O2. The number of benzene rings is 2. The molecule has 1 saturated carbocycles. The highest BCUT2D eigenvalue weighted by Gasteiger charge is 2.29. The summed E-state index contributed by atoms with van der Waals surface area (Å²) < 4.78 is 6.98. The fraction of sp³-hybridized carbons (Fsp3) is 0.263. The minimum Gasteiger partial charge on any atom is -0.497 e. The third kappa shape index (κ3) is 2.62. The van der Waals surface area contributed by atoms with Crippen molar-refractivity contribution < 1.29 is 4.74 Å². The summed E-state index contributed by atoms with van der Waals surface area (Å²) in [6.07, 6.45) is 2.19. The first-order valence-corrected chi connectivity index (χ1v) is 8.08. The van der Waals surface area contributed by atoms with E-state index in [9.17, 15) is 4.79 Å². The van der Waals surface area contributed by atoms with E-state index < -0.39 is 0 Å². The highest BCUT2D eigenvalue weighted by Crippen LogP contribution is 2.39. The predicted molar refractivity (Wildman–Crippen MR) is 94.5 cm³/mol. The zero-order valence-electron chi connectivity index (χ0n) is 13.5. The predicted octanol–water partition coefficient (Wildman–Crippen LogP) is 2.91.